The van der Waals surface area contributed by atoms with E-state index in [1.54, 1.807) is 35.2 Å². The van der Waals surface area contributed by atoms with Gasteiger partial charge < -0.3 is 5.32 Å². The first-order chi connectivity index (χ1) is 8.28. The third kappa shape index (κ3) is 3.84. The fraction of sp³-hybridized carbons (Fsp3) is 0.231. The number of halogens is 1. The average molecular weight is 267 g/mol. The highest BCUT2D eigenvalue weighted by Gasteiger charge is 2.03. The quantitative estimate of drug-likeness (QED) is 0.873. The monoisotopic (exact) mass is 267 g/mol. The van der Waals surface area contributed by atoms with Crippen LogP contribution in [-0.2, 0) is 6.54 Å². The van der Waals surface area contributed by atoms with E-state index in [4.69, 9.17) is 0 Å². The zero-order valence-corrected chi connectivity index (χ0v) is 11.2. The van der Waals surface area contributed by atoms with Gasteiger partial charge in [-0.05, 0) is 41.8 Å². The number of benzene rings is 1. The number of rotatable bonds is 5. The van der Waals surface area contributed by atoms with Crippen LogP contribution in [-0.4, -0.2) is 6.54 Å². The Kier molecular flexibility index (Phi) is 4.59. The molecule has 1 N–H and O–H groups in total. The fourth-order valence-corrected chi connectivity index (χ4v) is 3.35. The zero-order chi connectivity index (χ0) is 12.1. The average Bonchev–Trinajstić information content (AvgIpc) is 2.78. The van der Waals surface area contributed by atoms with Crippen LogP contribution in [0.3, 0.4) is 0 Å². The number of thiophene rings is 1. The molecule has 4 heteroatoms. The summed E-state index contributed by atoms with van der Waals surface area (Å²) in [5, 5.41) is 5.23. The van der Waals surface area contributed by atoms with E-state index in [1.165, 1.54) is 4.21 Å². The maximum absolute atomic E-state index is 13.4. The van der Waals surface area contributed by atoms with Crippen molar-refractivity contribution < 1.29 is 4.39 Å². The third-order valence-corrected chi connectivity index (χ3v) is 4.23. The van der Waals surface area contributed by atoms with Gasteiger partial charge in [-0.3, -0.25) is 0 Å². The molecule has 0 radical (unpaired) electrons. The summed E-state index contributed by atoms with van der Waals surface area (Å²) in [7, 11) is 0. The molecule has 0 aliphatic rings. The van der Waals surface area contributed by atoms with Crippen LogP contribution >= 0.6 is 23.1 Å². The Morgan fingerprint density at radius 1 is 1.35 bits per heavy atom. The molecular weight excluding hydrogens is 253 g/mol. The summed E-state index contributed by atoms with van der Waals surface area (Å²) < 4.78 is 14.6. The van der Waals surface area contributed by atoms with Gasteiger partial charge in [0.15, 0.2) is 0 Å². The van der Waals surface area contributed by atoms with Crippen LogP contribution < -0.4 is 5.32 Å². The Morgan fingerprint density at radius 3 is 2.94 bits per heavy atom. The van der Waals surface area contributed by atoms with Gasteiger partial charge in [-0.25, -0.2) is 4.39 Å². The number of hydrogen-bond donors (Lipinski definition) is 1. The van der Waals surface area contributed by atoms with Crippen LogP contribution in [0.1, 0.15) is 12.5 Å². The Labute approximate surface area is 109 Å². The summed E-state index contributed by atoms with van der Waals surface area (Å²) in [6.07, 6.45) is 0. The third-order valence-electron chi connectivity index (χ3n) is 2.22. The second-order valence-electron chi connectivity index (χ2n) is 3.61. The van der Waals surface area contributed by atoms with E-state index < -0.39 is 0 Å². The van der Waals surface area contributed by atoms with Crippen molar-refractivity contribution >= 4 is 23.1 Å². The lowest BCUT2D eigenvalue weighted by Crippen LogP contribution is -2.11. The van der Waals surface area contributed by atoms with Crippen molar-refractivity contribution in [3.63, 3.8) is 0 Å². The molecule has 0 saturated heterocycles. The van der Waals surface area contributed by atoms with E-state index in [-0.39, 0.29) is 5.82 Å². The van der Waals surface area contributed by atoms with Gasteiger partial charge in [0.25, 0.3) is 0 Å². The molecule has 0 spiro atoms. The highest BCUT2D eigenvalue weighted by atomic mass is 32.2. The van der Waals surface area contributed by atoms with Crippen LogP contribution in [0.25, 0.3) is 0 Å². The molecule has 0 fully saturated rings. The molecule has 0 bridgehead atoms. The van der Waals surface area contributed by atoms with Crippen molar-refractivity contribution in [2.45, 2.75) is 22.6 Å². The van der Waals surface area contributed by atoms with Gasteiger partial charge in [-0.2, -0.15) is 0 Å². The summed E-state index contributed by atoms with van der Waals surface area (Å²) in [6.45, 7) is 3.65. The van der Waals surface area contributed by atoms with E-state index in [1.807, 2.05) is 30.5 Å². The Hall–Kier alpha value is -0.840. The predicted octanol–water partition coefficient (Wildman–Crippen LogP) is 4.15. The molecule has 2 aromatic rings. The topological polar surface area (TPSA) is 12.0 Å². The first kappa shape index (κ1) is 12.6. The van der Waals surface area contributed by atoms with Crippen LogP contribution in [0, 0.1) is 5.82 Å². The highest BCUT2D eigenvalue weighted by Crippen LogP contribution is 2.32. The van der Waals surface area contributed by atoms with E-state index in [0.717, 1.165) is 17.0 Å². The van der Waals surface area contributed by atoms with Crippen molar-refractivity contribution in [1.29, 1.82) is 0 Å². The van der Waals surface area contributed by atoms with Crippen molar-refractivity contribution in [1.82, 2.24) is 5.32 Å². The minimum atomic E-state index is -0.167. The zero-order valence-electron chi connectivity index (χ0n) is 9.57. The smallest absolute Gasteiger partial charge is 0.124 e. The SMILES string of the molecule is CCNCc1cc(F)cc(Sc2cccs2)c1. The van der Waals surface area contributed by atoms with Gasteiger partial charge in [-0.15, -0.1) is 11.3 Å². The lowest BCUT2D eigenvalue weighted by Gasteiger charge is -2.05. The minimum Gasteiger partial charge on any atom is -0.313 e. The molecule has 1 aromatic heterocycles. The van der Waals surface area contributed by atoms with Crippen LogP contribution in [0.4, 0.5) is 4.39 Å². The highest BCUT2D eigenvalue weighted by molar-refractivity contribution is 8.01. The second kappa shape index (κ2) is 6.19. The number of nitrogens with one attached hydrogen (secondary N) is 1. The molecule has 0 unspecified atom stereocenters. The van der Waals surface area contributed by atoms with Crippen molar-refractivity contribution in [3.05, 3.63) is 47.1 Å². The van der Waals surface area contributed by atoms with Crippen LogP contribution in [0.5, 0.6) is 0 Å². The van der Waals surface area contributed by atoms with Gasteiger partial charge in [0.2, 0.25) is 0 Å². The molecule has 17 heavy (non-hydrogen) atoms. The van der Waals surface area contributed by atoms with E-state index in [0.29, 0.717) is 6.54 Å². The summed E-state index contributed by atoms with van der Waals surface area (Å²) >= 11 is 3.28. The van der Waals surface area contributed by atoms with E-state index >= 15 is 0 Å². The molecule has 0 saturated carbocycles. The first-order valence-electron chi connectivity index (χ1n) is 5.49. The normalized spacial score (nSPS) is 10.7. The molecule has 2 rings (SSSR count). The Morgan fingerprint density at radius 2 is 2.24 bits per heavy atom. The fourth-order valence-electron chi connectivity index (χ4n) is 1.49. The number of hydrogen-bond acceptors (Lipinski definition) is 3. The predicted molar refractivity (Wildman–Crippen MR) is 72.2 cm³/mol. The molecule has 0 aliphatic carbocycles. The van der Waals surface area contributed by atoms with Crippen molar-refractivity contribution in [2.24, 2.45) is 0 Å². The van der Waals surface area contributed by atoms with E-state index in [9.17, 15) is 4.39 Å². The largest absolute Gasteiger partial charge is 0.313 e. The molecule has 0 atom stereocenters. The maximum atomic E-state index is 13.4. The summed E-state index contributed by atoms with van der Waals surface area (Å²) in [6, 6.07) is 9.26. The van der Waals surface area contributed by atoms with Crippen molar-refractivity contribution in [3.8, 4) is 0 Å². The van der Waals surface area contributed by atoms with E-state index in [2.05, 4.69) is 5.32 Å². The van der Waals surface area contributed by atoms with Crippen LogP contribution in [0.2, 0.25) is 0 Å². The second-order valence-corrected chi connectivity index (χ2v) is 5.93. The minimum absolute atomic E-state index is 0.167. The molecule has 1 heterocycles. The summed E-state index contributed by atoms with van der Waals surface area (Å²) in [5.74, 6) is -0.167. The van der Waals surface area contributed by atoms with Gasteiger partial charge >= 0.3 is 0 Å². The van der Waals surface area contributed by atoms with Gasteiger partial charge in [0.05, 0.1) is 4.21 Å². The standard InChI is InChI=1S/C13H14FNS2/c1-2-15-9-10-6-11(14)8-12(7-10)17-13-4-3-5-16-13/h3-8,15H,2,9H2,1H3. The molecule has 90 valence electrons. The van der Waals surface area contributed by atoms with Gasteiger partial charge in [0, 0.05) is 11.4 Å². The van der Waals surface area contributed by atoms with Gasteiger partial charge in [0.1, 0.15) is 5.82 Å². The molecule has 1 nitrogen and oxygen atoms in total. The molecule has 0 amide bonds. The Bertz CT molecular complexity index is 468. The lowest BCUT2D eigenvalue weighted by molar-refractivity contribution is 0.617. The van der Waals surface area contributed by atoms with Crippen molar-refractivity contribution in [2.75, 3.05) is 6.54 Å². The molecule has 1 aromatic carbocycles. The molecule has 0 aliphatic heterocycles. The summed E-state index contributed by atoms with van der Waals surface area (Å²) in [5.41, 5.74) is 0.992. The maximum Gasteiger partial charge on any atom is 0.124 e. The summed E-state index contributed by atoms with van der Waals surface area (Å²) in [4.78, 5) is 0.959. The van der Waals surface area contributed by atoms with Gasteiger partial charge in [-0.1, -0.05) is 24.8 Å². The lowest BCUT2D eigenvalue weighted by atomic mass is 10.2. The Balaban J connectivity index is 2.13. The first-order valence-corrected chi connectivity index (χ1v) is 7.19. The van der Waals surface area contributed by atoms with Crippen LogP contribution in [0.15, 0.2) is 44.8 Å². The molecular formula is C13H14FNS2.